The molecule has 0 aliphatic carbocycles. The van der Waals surface area contributed by atoms with Gasteiger partial charge in [-0.2, -0.15) is 5.10 Å². The Morgan fingerprint density at radius 2 is 1.73 bits per heavy atom. The van der Waals surface area contributed by atoms with Gasteiger partial charge in [0.05, 0.1) is 16.7 Å². The lowest BCUT2D eigenvalue weighted by Gasteiger charge is -2.07. The van der Waals surface area contributed by atoms with E-state index in [1.807, 2.05) is 17.6 Å². The molecule has 0 atom stereocenters. The summed E-state index contributed by atoms with van der Waals surface area (Å²) >= 11 is 0. The summed E-state index contributed by atoms with van der Waals surface area (Å²) in [6.45, 7) is 4.10. The summed E-state index contributed by atoms with van der Waals surface area (Å²) in [6, 6.07) is 13.1. The second-order valence-electron chi connectivity index (χ2n) is 5.75. The van der Waals surface area contributed by atoms with Gasteiger partial charge >= 0.3 is 11.8 Å². The third-order valence-electron chi connectivity index (χ3n) is 3.54. The van der Waals surface area contributed by atoms with E-state index in [0.717, 1.165) is 11.8 Å². The Bertz CT molecular complexity index is 845. The first-order chi connectivity index (χ1) is 12.4. The van der Waals surface area contributed by atoms with Crippen molar-refractivity contribution in [3.8, 4) is 0 Å². The topological polar surface area (TPSA) is 114 Å². The molecule has 8 nitrogen and oxygen atoms in total. The van der Waals surface area contributed by atoms with Crippen molar-refractivity contribution in [1.29, 1.82) is 0 Å². The van der Waals surface area contributed by atoms with Gasteiger partial charge in [0.25, 0.3) is 5.69 Å². The molecule has 8 heteroatoms. The second kappa shape index (κ2) is 8.52. The largest absolute Gasteiger partial charge is 0.329 e. The number of nitro groups is 1. The number of carbonyl (C=O) groups is 2. The van der Waals surface area contributed by atoms with Gasteiger partial charge in [-0.05, 0) is 29.7 Å². The Kier molecular flexibility index (Phi) is 6.15. The normalized spacial score (nSPS) is 10.7. The van der Waals surface area contributed by atoms with Gasteiger partial charge in [-0.1, -0.05) is 38.1 Å². The molecular weight excluding hydrogens is 336 g/mol. The van der Waals surface area contributed by atoms with Gasteiger partial charge in [-0.3, -0.25) is 19.7 Å². The van der Waals surface area contributed by atoms with Crippen molar-refractivity contribution in [2.24, 2.45) is 5.10 Å². The third kappa shape index (κ3) is 4.97. The molecule has 26 heavy (non-hydrogen) atoms. The molecule has 0 saturated heterocycles. The van der Waals surface area contributed by atoms with E-state index in [1.165, 1.54) is 18.2 Å². The lowest BCUT2D eigenvalue weighted by Crippen LogP contribution is -2.32. The standard InChI is InChI=1S/C18H18N4O4/c1-12(2)13-7-9-15(10-8-13)20-17(23)18(24)21-19-11-14-5-3-4-6-16(14)22(25)26/h3-12H,1-2H3,(H,20,23)(H,21,24)/b19-11+. The molecule has 2 N–H and O–H groups in total. The van der Waals surface area contributed by atoms with E-state index in [-0.39, 0.29) is 11.3 Å². The fraction of sp³-hybridized carbons (Fsp3) is 0.167. The van der Waals surface area contributed by atoms with Crippen LogP contribution in [0.3, 0.4) is 0 Å². The average Bonchev–Trinajstić information content (AvgIpc) is 2.62. The number of hydrogen-bond acceptors (Lipinski definition) is 5. The van der Waals surface area contributed by atoms with Crippen LogP contribution in [0.2, 0.25) is 0 Å². The molecular formula is C18H18N4O4. The van der Waals surface area contributed by atoms with Crippen molar-refractivity contribution >= 4 is 29.4 Å². The maximum Gasteiger partial charge on any atom is 0.329 e. The number of benzene rings is 2. The first kappa shape index (κ1) is 18.8. The number of hydrogen-bond donors (Lipinski definition) is 2. The highest BCUT2D eigenvalue weighted by Gasteiger charge is 2.14. The highest BCUT2D eigenvalue weighted by Crippen LogP contribution is 2.17. The molecule has 0 fully saturated rings. The third-order valence-corrected chi connectivity index (χ3v) is 3.54. The summed E-state index contributed by atoms with van der Waals surface area (Å²) in [7, 11) is 0. The minimum absolute atomic E-state index is 0.153. The number of hydrazone groups is 1. The number of amides is 2. The van der Waals surface area contributed by atoms with E-state index in [2.05, 4.69) is 24.3 Å². The molecule has 0 aliphatic rings. The van der Waals surface area contributed by atoms with E-state index >= 15 is 0 Å². The van der Waals surface area contributed by atoms with Crippen LogP contribution >= 0.6 is 0 Å². The number of nitrogens with one attached hydrogen (secondary N) is 2. The second-order valence-corrected chi connectivity index (χ2v) is 5.75. The minimum atomic E-state index is -0.979. The zero-order valence-electron chi connectivity index (χ0n) is 14.3. The van der Waals surface area contributed by atoms with Crippen LogP contribution in [0.25, 0.3) is 0 Å². The summed E-state index contributed by atoms with van der Waals surface area (Å²) in [4.78, 5) is 33.9. The molecule has 0 bridgehead atoms. The smallest absolute Gasteiger partial charge is 0.318 e. The van der Waals surface area contributed by atoms with Crippen LogP contribution < -0.4 is 10.7 Å². The van der Waals surface area contributed by atoms with E-state index in [9.17, 15) is 19.7 Å². The van der Waals surface area contributed by atoms with Crippen molar-refractivity contribution in [1.82, 2.24) is 5.43 Å². The summed E-state index contributed by atoms with van der Waals surface area (Å²) < 4.78 is 0. The Labute approximate surface area is 150 Å². The monoisotopic (exact) mass is 354 g/mol. The van der Waals surface area contributed by atoms with Crippen LogP contribution in [0.1, 0.15) is 30.9 Å². The van der Waals surface area contributed by atoms with E-state index in [4.69, 9.17) is 0 Å². The Morgan fingerprint density at radius 3 is 2.35 bits per heavy atom. The zero-order chi connectivity index (χ0) is 19.1. The predicted molar refractivity (Wildman–Crippen MR) is 98.0 cm³/mol. The van der Waals surface area contributed by atoms with Gasteiger partial charge in [0.2, 0.25) is 0 Å². The van der Waals surface area contributed by atoms with Gasteiger partial charge in [0.15, 0.2) is 0 Å². The molecule has 2 amide bonds. The minimum Gasteiger partial charge on any atom is -0.318 e. The summed E-state index contributed by atoms with van der Waals surface area (Å²) in [5.74, 6) is -1.51. The molecule has 0 aromatic heterocycles. The van der Waals surface area contributed by atoms with Gasteiger partial charge < -0.3 is 5.32 Å². The fourth-order valence-electron chi connectivity index (χ4n) is 2.11. The van der Waals surface area contributed by atoms with Gasteiger partial charge in [0.1, 0.15) is 0 Å². The molecule has 2 rings (SSSR count). The SMILES string of the molecule is CC(C)c1ccc(NC(=O)C(=O)N/N=C/c2ccccc2[N+](=O)[O-])cc1. The van der Waals surface area contributed by atoms with Gasteiger partial charge in [0, 0.05) is 11.8 Å². The molecule has 0 spiro atoms. The Hall–Kier alpha value is -3.55. The van der Waals surface area contributed by atoms with Crippen molar-refractivity contribution in [3.05, 3.63) is 69.8 Å². The first-order valence-corrected chi connectivity index (χ1v) is 7.86. The molecule has 134 valence electrons. The number of para-hydroxylation sites is 1. The molecule has 2 aromatic carbocycles. The quantitative estimate of drug-likeness (QED) is 0.372. The molecule has 0 unspecified atom stereocenters. The van der Waals surface area contributed by atoms with Crippen LogP contribution in [0.15, 0.2) is 53.6 Å². The molecule has 0 radical (unpaired) electrons. The predicted octanol–water partition coefficient (Wildman–Crippen LogP) is 2.81. The Morgan fingerprint density at radius 1 is 1.08 bits per heavy atom. The van der Waals surface area contributed by atoms with Crippen molar-refractivity contribution in [2.75, 3.05) is 5.32 Å². The van der Waals surface area contributed by atoms with Crippen LogP contribution in [-0.2, 0) is 9.59 Å². The number of rotatable bonds is 5. The van der Waals surface area contributed by atoms with E-state index in [0.29, 0.717) is 11.6 Å². The lowest BCUT2D eigenvalue weighted by molar-refractivity contribution is -0.385. The lowest BCUT2D eigenvalue weighted by atomic mass is 10.0. The van der Waals surface area contributed by atoms with Crippen LogP contribution in [0.5, 0.6) is 0 Å². The summed E-state index contributed by atoms with van der Waals surface area (Å²) in [5, 5.41) is 16.9. The summed E-state index contributed by atoms with van der Waals surface area (Å²) in [5.41, 5.74) is 3.70. The maximum absolute atomic E-state index is 11.8. The van der Waals surface area contributed by atoms with Crippen molar-refractivity contribution in [2.45, 2.75) is 19.8 Å². The summed E-state index contributed by atoms with van der Waals surface area (Å²) in [6.07, 6.45) is 1.11. The van der Waals surface area contributed by atoms with Crippen LogP contribution in [0.4, 0.5) is 11.4 Å². The maximum atomic E-state index is 11.8. The average molecular weight is 354 g/mol. The highest BCUT2D eigenvalue weighted by molar-refractivity contribution is 6.39. The first-order valence-electron chi connectivity index (χ1n) is 7.86. The molecule has 2 aromatic rings. The van der Waals surface area contributed by atoms with Gasteiger partial charge in [-0.25, -0.2) is 5.43 Å². The highest BCUT2D eigenvalue weighted by atomic mass is 16.6. The van der Waals surface area contributed by atoms with Crippen molar-refractivity contribution < 1.29 is 14.5 Å². The molecule has 0 aliphatic heterocycles. The molecule has 0 heterocycles. The molecule has 0 saturated carbocycles. The van der Waals surface area contributed by atoms with Crippen LogP contribution in [0, 0.1) is 10.1 Å². The number of anilines is 1. The zero-order valence-corrected chi connectivity index (χ0v) is 14.3. The number of nitro benzene ring substituents is 1. The van der Waals surface area contributed by atoms with E-state index in [1.54, 1.807) is 18.2 Å². The fourth-order valence-corrected chi connectivity index (χ4v) is 2.11. The van der Waals surface area contributed by atoms with Crippen LogP contribution in [-0.4, -0.2) is 23.0 Å². The van der Waals surface area contributed by atoms with Gasteiger partial charge in [-0.15, -0.1) is 0 Å². The van der Waals surface area contributed by atoms with E-state index < -0.39 is 16.7 Å². The Balaban J connectivity index is 1.95. The number of carbonyl (C=O) groups excluding carboxylic acids is 2. The number of nitrogens with zero attached hydrogens (tertiary/aromatic N) is 2. The van der Waals surface area contributed by atoms with Crippen molar-refractivity contribution in [3.63, 3.8) is 0 Å².